The number of hydrogen-bond acceptors (Lipinski definition) is 7. The van der Waals surface area contributed by atoms with Crippen LogP contribution in [0.5, 0.6) is 0 Å². The van der Waals surface area contributed by atoms with Gasteiger partial charge in [0, 0.05) is 60.3 Å². The molecule has 3 heterocycles. The molecule has 204 valence electrons. The molecule has 2 N–H and O–H groups in total. The molecule has 0 unspecified atom stereocenters. The second kappa shape index (κ2) is 12.0. The number of aromatic nitrogens is 1. The molecule has 1 saturated heterocycles. The average molecular weight is 568 g/mol. The maximum Gasteiger partial charge on any atom is 0.262 e. The van der Waals surface area contributed by atoms with Gasteiger partial charge >= 0.3 is 0 Å². The lowest BCUT2D eigenvalue weighted by molar-refractivity contribution is -0.118. The zero-order chi connectivity index (χ0) is 27.4. The number of halogens is 4. The third-order valence-corrected chi connectivity index (χ3v) is 7.76. The number of nitrogens with one attached hydrogen (secondary N) is 2. The lowest BCUT2D eigenvalue weighted by Crippen LogP contribution is -2.42. The molecule has 2 aliphatic heterocycles. The number of carbonyl (C=O) groups is 2. The van der Waals surface area contributed by atoms with Crippen molar-refractivity contribution in [3.63, 3.8) is 0 Å². The van der Waals surface area contributed by atoms with Crippen molar-refractivity contribution in [3.05, 3.63) is 62.5 Å². The maximum absolute atomic E-state index is 14.6. The molecule has 7 nitrogen and oxygen atoms in total. The molecule has 1 aromatic carbocycles. The SMILES string of the molecule is CNC(=O)C1=C(CN2CC(F)(F)C[C@@H]2CCCCC(C)=O)NC(c2nccs2)=N[C@H]1c1ccc(F)cc1Cl. The number of hydrogen-bond donors (Lipinski definition) is 2. The molecule has 1 fully saturated rings. The summed E-state index contributed by atoms with van der Waals surface area (Å²) in [5, 5.41) is 8.21. The summed E-state index contributed by atoms with van der Waals surface area (Å²) in [5.74, 6) is -3.42. The van der Waals surface area contributed by atoms with Gasteiger partial charge in [0.15, 0.2) is 10.8 Å². The standard InChI is InChI=1S/C26H29ClF3N5O2S/c1-15(36)5-3-4-6-17-12-26(29,30)14-35(17)13-20-21(24(37)31-2)22(18-8-7-16(28)11-19(18)27)34-23(33-20)25-32-9-10-38-25/h7-11,17,22H,3-6,12-14H2,1-2H3,(H,31,37)(H,33,34)/t17-,22-/m0/s1. The van der Waals surface area contributed by atoms with E-state index in [0.29, 0.717) is 47.8 Å². The van der Waals surface area contributed by atoms with E-state index in [4.69, 9.17) is 16.6 Å². The summed E-state index contributed by atoms with van der Waals surface area (Å²) in [6.45, 7) is 1.10. The first-order valence-electron chi connectivity index (χ1n) is 12.3. The van der Waals surface area contributed by atoms with E-state index in [1.54, 1.807) is 16.5 Å². The van der Waals surface area contributed by atoms with Crippen LogP contribution in [0.4, 0.5) is 13.2 Å². The molecule has 38 heavy (non-hydrogen) atoms. The van der Waals surface area contributed by atoms with Gasteiger partial charge in [0.2, 0.25) is 0 Å². The van der Waals surface area contributed by atoms with Crippen molar-refractivity contribution in [3.8, 4) is 0 Å². The molecule has 1 aromatic heterocycles. The average Bonchev–Trinajstić information content (AvgIpc) is 3.48. The van der Waals surface area contributed by atoms with E-state index in [0.717, 1.165) is 6.07 Å². The van der Waals surface area contributed by atoms with Crippen LogP contribution in [0.15, 0.2) is 46.0 Å². The van der Waals surface area contributed by atoms with E-state index < -0.39 is 36.3 Å². The largest absolute Gasteiger partial charge is 0.355 e. The van der Waals surface area contributed by atoms with Gasteiger partial charge < -0.3 is 15.4 Å². The van der Waals surface area contributed by atoms with E-state index in [-0.39, 0.29) is 29.3 Å². The lowest BCUT2D eigenvalue weighted by atomic mass is 9.94. The Morgan fingerprint density at radius 3 is 2.76 bits per heavy atom. The predicted molar refractivity (Wildman–Crippen MR) is 141 cm³/mol. The molecule has 2 aromatic rings. The van der Waals surface area contributed by atoms with Gasteiger partial charge in [0.25, 0.3) is 11.8 Å². The van der Waals surface area contributed by atoms with Crippen molar-refractivity contribution >= 4 is 40.5 Å². The van der Waals surface area contributed by atoms with Crippen LogP contribution in [0.2, 0.25) is 5.02 Å². The molecular weight excluding hydrogens is 539 g/mol. The minimum Gasteiger partial charge on any atom is -0.355 e. The van der Waals surface area contributed by atoms with Gasteiger partial charge in [-0.2, -0.15) is 0 Å². The first kappa shape index (κ1) is 28.3. The second-order valence-corrected chi connectivity index (χ2v) is 10.8. The molecular formula is C26H29ClF3N5O2S. The van der Waals surface area contributed by atoms with Crippen LogP contribution in [-0.2, 0) is 9.59 Å². The molecule has 0 saturated carbocycles. The van der Waals surface area contributed by atoms with Crippen LogP contribution >= 0.6 is 22.9 Å². The third-order valence-electron chi connectivity index (χ3n) is 6.65. The van der Waals surface area contributed by atoms with Gasteiger partial charge in [-0.3, -0.25) is 14.7 Å². The summed E-state index contributed by atoms with van der Waals surface area (Å²) in [6.07, 6.45) is 3.53. The van der Waals surface area contributed by atoms with Crippen LogP contribution in [0, 0.1) is 5.82 Å². The summed E-state index contributed by atoms with van der Waals surface area (Å²) in [6, 6.07) is 2.53. The molecule has 0 radical (unpaired) electrons. The summed E-state index contributed by atoms with van der Waals surface area (Å²) in [7, 11) is 1.47. The highest BCUT2D eigenvalue weighted by atomic mass is 35.5. The highest BCUT2D eigenvalue weighted by Gasteiger charge is 2.45. The van der Waals surface area contributed by atoms with Crippen LogP contribution < -0.4 is 10.6 Å². The van der Waals surface area contributed by atoms with Gasteiger partial charge in [-0.25, -0.2) is 18.2 Å². The Morgan fingerprint density at radius 2 is 2.11 bits per heavy atom. The fourth-order valence-electron chi connectivity index (χ4n) is 4.91. The second-order valence-electron chi connectivity index (χ2n) is 9.55. The quantitative estimate of drug-likeness (QED) is 0.399. The topological polar surface area (TPSA) is 86.7 Å². The number of alkyl halides is 2. The Hall–Kier alpha value is -2.76. The van der Waals surface area contributed by atoms with E-state index >= 15 is 0 Å². The number of nitrogens with zero attached hydrogens (tertiary/aromatic N) is 3. The number of aliphatic imine (C=N–C) groups is 1. The van der Waals surface area contributed by atoms with Crippen molar-refractivity contribution in [1.82, 2.24) is 20.5 Å². The molecule has 0 spiro atoms. The molecule has 2 atom stereocenters. The third kappa shape index (κ3) is 6.62. The lowest BCUT2D eigenvalue weighted by Gasteiger charge is -2.31. The number of amidine groups is 1. The van der Waals surface area contributed by atoms with Crippen LogP contribution in [0.25, 0.3) is 0 Å². The highest BCUT2D eigenvalue weighted by Crippen LogP contribution is 2.39. The maximum atomic E-state index is 14.6. The van der Waals surface area contributed by atoms with Crippen LogP contribution in [-0.4, -0.2) is 59.5 Å². The van der Waals surface area contributed by atoms with Crippen molar-refractivity contribution in [2.45, 2.75) is 57.0 Å². The Morgan fingerprint density at radius 1 is 1.32 bits per heavy atom. The minimum atomic E-state index is -2.88. The Labute approximate surface area is 228 Å². The summed E-state index contributed by atoms with van der Waals surface area (Å²) >= 11 is 7.72. The number of carbonyl (C=O) groups excluding carboxylic acids is 2. The first-order valence-corrected chi connectivity index (χ1v) is 13.6. The van der Waals surface area contributed by atoms with Crippen LogP contribution in [0.1, 0.15) is 55.6 Å². The monoisotopic (exact) mass is 567 g/mol. The number of amides is 1. The first-order chi connectivity index (χ1) is 18.1. The summed E-state index contributed by atoms with van der Waals surface area (Å²) in [5.41, 5.74) is 1.03. The molecule has 0 bridgehead atoms. The molecule has 1 amide bonds. The number of likely N-dealkylation sites (N-methyl/N-ethyl adjacent to an activating group) is 1. The summed E-state index contributed by atoms with van der Waals surface area (Å²) < 4.78 is 43.0. The predicted octanol–water partition coefficient (Wildman–Crippen LogP) is 4.89. The highest BCUT2D eigenvalue weighted by molar-refractivity contribution is 7.11. The van der Waals surface area contributed by atoms with Gasteiger partial charge in [0.1, 0.15) is 17.6 Å². The normalized spacial score (nSPS) is 21.3. The number of rotatable bonds is 10. The van der Waals surface area contributed by atoms with Gasteiger partial charge in [-0.1, -0.05) is 24.1 Å². The number of ketones is 1. The molecule has 0 aliphatic carbocycles. The number of Topliss-reactive ketones (excluding diaryl/α,β-unsaturated/α-hetero) is 1. The smallest absolute Gasteiger partial charge is 0.262 e. The van der Waals surface area contributed by atoms with E-state index in [2.05, 4.69) is 15.6 Å². The van der Waals surface area contributed by atoms with Crippen LogP contribution in [0.3, 0.4) is 0 Å². The number of thiazole rings is 1. The van der Waals surface area contributed by atoms with Crippen molar-refractivity contribution in [2.75, 3.05) is 20.1 Å². The molecule has 2 aliphatic rings. The number of benzene rings is 1. The molecule has 4 rings (SSSR count). The zero-order valence-electron chi connectivity index (χ0n) is 21.1. The number of unbranched alkanes of at least 4 members (excludes halogenated alkanes) is 1. The fraction of sp³-hybridized carbons (Fsp3) is 0.462. The number of likely N-dealkylation sites (tertiary alicyclic amines) is 1. The van der Waals surface area contributed by atoms with E-state index in [9.17, 15) is 22.8 Å². The van der Waals surface area contributed by atoms with Gasteiger partial charge in [-0.15, -0.1) is 11.3 Å². The Balaban J connectivity index is 1.71. The Bertz CT molecular complexity index is 1250. The van der Waals surface area contributed by atoms with Crippen molar-refractivity contribution in [2.24, 2.45) is 4.99 Å². The van der Waals surface area contributed by atoms with Crippen molar-refractivity contribution < 1.29 is 22.8 Å². The van der Waals surface area contributed by atoms with Crippen molar-refractivity contribution in [1.29, 1.82) is 0 Å². The Kier molecular flexibility index (Phi) is 8.89. The van der Waals surface area contributed by atoms with E-state index in [1.165, 1.54) is 37.4 Å². The summed E-state index contributed by atoms with van der Waals surface area (Å²) in [4.78, 5) is 35.2. The minimum absolute atomic E-state index is 0.0371. The van der Waals surface area contributed by atoms with E-state index in [1.807, 2.05) is 0 Å². The fourth-order valence-corrected chi connectivity index (χ4v) is 5.77. The molecule has 12 heteroatoms. The van der Waals surface area contributed by atoms with Gasteiger partial charge in [0.05, 0.1) is 12.1 Å². The van der Waals surface area contributed by atoms with Gasteiger partial charge in [-0.05, 0) is 31.9 Å². The zero-order valence-corrected chi connectivity index (χ0v) is 22.6.